The molecule has 2 heterocycles. The maximum Gasteiger partial charge on any atom is 0.205 e. The number of nitrogens with one attached hydrogen (secondary N) is 1. The summed E-state index contributed by atoms with van der Waals surface area (Å²) in [7, 11) is 0. The van der Waals surface area contributed by atoms with Gasteiger partial charge in [-0.05, 0) is 63.4 Å². The van der Waals surface area contributed by atoms with E-state index >= 15 is 0 Å². The molecule has 2 aromatic heterocycles. The van der Waals surface area contributed by atoms with Gasteiger partial charge in [-0.15, -0.1) is 10.2 Å². The fourth-order valence-electron chi connectivity index (χ4n) is 3.30. The molecule has 2 aromatic carbocycles. The highest BCUT2D eigenvalue weighted by atomic mass is 127. The van der Waals surface area contributed by atoms with Crippen LogP contribution in [0, 0.1) is 3.57 Å². The van der Waals surface area contributed by atoms with Crippen LogP contribution in [0.4, 0.5) is 0 Å². The number of nitrogens with zero attached hydrogens (tertiary/aromatic N) is 4. The fourth-order valence-corrected chi connectivity index (χ4v) is 4.12. The van der Waals surface area contributed by atoms with Crippen LogP contribution in [-0.4, -0.2) is 25.6 Å². The molecule has 4 rings (SSSR count). The lowest BCUT2D eigenvalue weighted by atomic mass is 9.97. The van der Waals surface area contributed by atoms with E-state index in [0.717, 1.165) is 55.8 Å². The molecule has 6 nitrogen and oxygen atoms in total. The number of tetrazole rings is 1. The Hall–Kier alpha value is -2.81. The molecule has 0 atom stereocenters. The van der Waals surface area contributed by atoms with Gasteiger partial charge in [-0.1, -0.05) is 56.3 Å². The van der Waals surface area contributed by atoms with E-state index in [1.807, 2.05) is 24.3 Å². The molecule has 0 aliphatic heterocycles. The predicted octanol–water partition coefficient (Wildman–Crippen LogP) is 5.24. The van der Waals surface area contributed by atoms with Crippen molar-refractivity contribution >= 4 is 22.6 Å². The summed E-state index contributed by atoms with van der Waals surface area (Å²) in [5.41, 5.74) is 6.25. The van der Waals surface area contributed by atoms with E-state index in [1.165, 1.54) is 0 Å². The summed E-state index contributed by atoms with van der Waals surface area (Å²) in [6, 6.07) is 18.5. The van der Waals surface area contributed by atoms with Gasteiger partial charge in [-0.2, -0.15) is 5.21 Å². The lowest BCUT2D eigenvalue weighted by Crippen LogP contribution is -2.04. The highest BCUT2D eigenvalue weighted by Gasteiger charge is 2.14. The normalized spacial score (nSPS) is 10.9. The Morgan fingerprint density at radius 3 is 2.50 bits per heavy atom. The summed E-state index contributed by atoms with van der Waals surface area (Å²) in [5, 5.41) is 14.7. The average Bonchev–Trinajstić information content (AvgIpc) is 3.34. The van der Waals surface area contributed by atoms with E-state index in [1.54, 1.807) is 0 Å². The van der Waals surface area contributed by atoms with E-state index in [2.05, 4.69) is 87.4 Å². The first-order chi connectivity index (χ1) is 14.7. The van der Waals surface area contributed by atoms with Crippen LogP contribution < -0.4 is 4.74 Å². The number of H-pyrrole nitrogens is 1. The standard InChI is InChI=1S/C23H22IN5O/c1-3-17-13-21(22(24)20(4-2)25-17)30-14-15-10-11-18(16-8-6-5-7-9-16)19(12-15)23-26-28-29-27-23/h5-13H,3-4,14H2,1-2H3,(H,26,27,28,29). The summed E-state index contributed by atoms with van der Waals surface area (Å²) >= 11 is 2.33. The minimum Gasteiger partial charge on any atom is -0.488 e. The molecule has 1 N–H and O–H groups in total. The molecule has 152 valence electrons. The van der Waals surface area contributed by atoms with Crippen molar-refractivity contribution in [2.45, 2.75) is 33.3 Å². The zero-order valence-electron chi connectivity index (χ0n) is 16.9. The molecule has 0 bridgehead atoms. The first kappa shape index (κ1) is 20.5. The molecule has 4 aromatic rings. The van der Waals surface area contributed by atoms with Crippen LogP contribution in [0.2, 0.25) is 0 Å². The summed E-state index contributed by atoms with van der Waals surface area (Å²) in [6.07, 6.45) is 1.77. The number of halogens is 1. The van der Waals surface area contributed by atoms with Gasteiger partial charge in [-0.25, -0.2) is 0 Å². The summed E-state index contributed by atoms with van der Waals surface area (Å²) in [4.78, 5) is 4.70. The molecule has 0 aliphatic rings. The molecule has 0 fully saturated rings. The third-order valence-corrected chi connectivity index (χ3v) is 6.05. The van der Waals surface area contributed by atoms with E-state index in [9.17, 15) is 0 Å². The Labute approximate surface area is 189 Å². The Kier molecular flexibility index (Phi) is 6.37. The van der Waals surface area contributed by atoms with Gasteiger partial charge in [-0.3, -0.25) is 4.98 Å². The largest absolute Gasteiger partial charge is 0.488 e. The van der Waals surface area contributed by atoms with Crippen molar-refractivity contribution in [3.63, 3.8) is 0 Å². The molecule has 30 heavy (non-hydrogen) atoms. The molecule has 0 saturated heterocycles. The number of pyridine rings is 1. The molecule has 0 spiro atoms. The quantitative estimate of drug-likeness (QED) is 0.344. The van der Waals surface area contributed by atoms with Crippen LogP contribution in [0.1, 0.15) is 30.8 Å². The Bertz CT molecular complexity index is 1130. The van der Waals surface area contributed by atoms with Crippen molar-refractivity contribution in [2.75, 3.05) is 0 Å². The van der Waals surface area contributed by atoms with Gasteiger partial charge in [0.1, 0.15) is 12.4 Å². The molecular formula is C23H22IN5O. The number of aromatic nitrogens is 5. The van der Waals surface area contributed by atoms with Crippen molar-refractivity contribution in [1.82, 2.24) is 25.6 Å². The number of benzene rings is 2. The second-order valence-corrected chi connectivity index (χ2v) is 7.93. The highest BCUT2D eigenvalue weighted by Crippen LogP contribution is 2.32. The molecule has 0 amide bonds. The Morgan fingerprint density at radius 1 is 0.967 bits per heavy atom. The predicted molar refractivity (Wildman–Crippen MR) is 125 cm³/mol. The van der Waals surface area contributed by atoms with Gasteiger partial charge < -0.3 is 4.74 Å². The molecule has 0 saturated carbocycles. The van der Waals surface area contributed by atoms with Crippen LogP contribution in [0.15, 0.2) is 54.6 Å². The van der Waals surface area contributed by atoms with E-state index < -0.39 is 0 Å². The summed E-state index contributed by atoms with van der Waals surface area (Å²) < 4.78 is 7.29. The van der Waals surface area contributed by atoms with Crippen LogP contribution in [-0.2, 0) is 19.4 Å². The minimum atomic E-state index is 0.451. The van der Waals surface area contributed by atoms with Crippen LogP contribution in [0.3, 0.4) is 0 Å². The molecule has 0 aliphatic carbocycles. The van der Waals surface area contributed by atoms with E-state index in [0.29, 0.717) is 12.4 Å². The van der Waals surface area contributed by atoms with Crippen molar-refractivity contribution in [3.05, 3.63) is 75.1 Å². The second kappa shape index (κ2) is 9.34. The smallest absolute Gasteiger partial charge is 0.205 e. The third kappa shape index (κ3) is 4.35. The Balaban J connectivity index is 1.66. The number of rotatable bonds is 7. The van der Waals surface area contributed by atoms with E-state index in [-0.39, 0.29) is 0 Å². The van der Waals surface area contributed by atoms with Crippen molar-refractivity contribution in [2.24, 2.45) is 0 Å². The fraction of sp³-hybridized carbons (Fsp3) is 0.217. The minimum absolute atomic E-state index is 0.451. The van der Waals surface area contributed by atoms with Gasteiger partial charge in [0.05, 0.1) is 9.26 Å². The van der Waals surface area contributed by atoms with Gasteiger partial charge >= 0.3 is 0 Å². The number of hydrogen-bond acceptors (Lipinski definition) is 5. The SMILES string of the molecule is CCc1cc(OCc2ccc(-c3ccccc3)c(-c3nn[nH]n3)c2)c(I)c(CC)n1. The first-order valence-corrected chi connectivity index (χ1v) is 11.0. The van der Waals surface area contributed by atoms with Gasteiger partial charge in [0.2, 0.25) is 5.82 Å². The van der Waals surface area contributed by atoms with Gasteiger partial charge in [0, 0.05) is 17.3 Å². The topological polar surface area (TPSA) is 76.6 Å². The molecule has 7 heteroatoms. The average molecular weight is 511 g/mol. The van der Waals surface area contributed by atoms with Crippen molar-refractivity contribution in [3.8, 4) is 28.3 Å². The van der Waals surface area contributed by atoms with Gasteiger partial charge in [0.15, 0.2) is 0 Å². The maximum atomic E-state index is 6.21. The third-order valence-electron chi connectivity index (χ3n) is 4.89. The second-order valence-electron chi connectivity index (χ2n) is 6.85. The number of aromatic amines is 1. The monoisotopic (exact) mass is 511 g/mol. The van der Waals surface area contributed by atoms with Gasteiger partial charge in [0.25, 0.3) is 0 Å². The number of aryl methyl sites for hydroxylation is 2. The molecule has 0 unspecified atom stereocenters. The highest BCUT2D eigenvalue weighted by molar-refractivity contribution is 14.1. The first-order valence-electron chi connectivity index (χ1n) is 9.92. The number of hydrogen-bond donors (Lipinski definition) is 1. The maximum absolute atomic E-state index is 6.21. The van der Waals surface area contributed by atoms with E-state index in [4.69, 9.17) is 9.72 Å². The zero-order chi connectivity index (χ0) is 20.9. The summed E-state index contributed by atoms with van der Waals surface area (Å²) in [6.45, 7) is 4.68. The number of ether oxygens (including phenoxy) is 1. The van der Waals surface area contributed by atoms with Crippen molar-refractivity contribution < 1.29 is 4.74 Å². The summed E-state index contributed by atoms with van der Waals surface area (Å²) in [5.74, 6) is 1.45. The molecular weight excluding hydrogens is 489 g/mol. The lowest BCUT2D eigenvalue weighted by Gasteiger charge is -2.14. The van der Waals surface area contributed by atoms with Crippen LogP contribution >= 0.6 is 22.6 Å². The van der Waals surface area contributed by atoms with Crippen LogP contribution in [0.5, 0.6) is 5.75 Å². The zero-order valence-corrected chi connectivity index (χ0v) is 19.1. The van der Waals surface area contributed by atoms with Crippen LogP contribution in [0.25, 0.3) is 22.5 Å². The lowest BCUT2D eigenvalue weighted by molar-refractivity contribution is 0.303. The Morgan fingerprint density at radius 2 is 1.80 bits per heavy atom. The molecule has 0 radical (unpaired) electrons. The van der Waals surface area contributed by atoms with Crippen molar-refractivity contribution in [1.29, 1.82) is 0 Å².